The Bertz CT molecular complexity index is 524. The molecule has 1 heterocycles. The van der Waals surface area contributed by atoms with Crippen molar-refractivity contribution >= 4 is 23.6 Å². The van der Waals surface area contributed by atoms with Crippen molar-refractivity contribution in [2.24, 2.45) is 5.92 Å². The van der Waals surface area contributed by atoms with Gasteiger partial charge in [-0.2, -0.15) is 0 Å². The second-order valence-electron chi connectivity index (χ2n) is 5.43. The van der Waals surface area contributed by atoms with Crippen LogP contribution in [0.1, 0.15) is 36.5 Å². The number of methoxy groups -OCH3 is 1. The van der Waals surface area contributed by atoms with E-state index in [-0.39, 0.29) is 17.8 Å². The van der Waals surface area contributed by atoms with Gasteiger partial charge in [0.1, 0.15) is 0 Å². The minimum absolute atomic E-state index is 0.0706. The van der Waals surface area contributed by atoms with E-state index in [1.807, 2.05) is 29.2 Å². The molecule has 5 heteroatoms. The molecule has 1 amide bonds. The zero-order valence-electron chi connectivity index (χ0n) is 13.2. The first-order valence-electron chi connectivity index (χ1n) is 7.76. The molecule has 1 saturated heterocycles. The molecular formula is C17H23NO3S. The lowest BCUT2D eigenvalue weighted by Crippen LogP contribution is -2.40. The summed E-state index contributed by atoms with van der Waals surface area (Å²) in [6.07, 6.45) is 2.45. The number of amides is 1. The minimum Gasteiger partial charge on any atom is -0.469 e. The molecule has 0 saturated carbocycles. The SMILES string of the molecule is CCCSc1ccccc1C(=O)N1CCC(C(=O)OC)CC1. The number of piperidine rings is 1. The van der Waals surface area contributed by atoms with E-state index in [0.717, 1.165) is 22.6 Å². The Hall–Kier alpha value is -1.49. The van der Waals surface area contributed by atoms with Crippen LogP contribution in [0.4, 0.5) is 0 Å². The highest BCUT2D eigenvalue weighted by Crippen LogP contribution is 2.26. The number of thioether (sulfide) groups is 1. The maximum atomic E-state index is 12.7. The van der Waals surface area contributed by atoms with Crippen molar-refractivity contribution in [1.82, 2.24) is 4.90 Å². The molecule has 0 bridgehead atoms. The fourth-order valence-electron chi connectivity index (χ4n) is 2.64. The van der Waals surface area contributed by atoms with Crippen molar-refractivity contribution < 1.29 is 14.3 Å². The molecule has 1 aromatic carbocycles. The smallest absolute Gasteiger partial charge is 0.308 e. The second-order valence-corrected chi connectivity index (χ2v) is 6.57. The number of ether oxygens (including phenoxy) is 1. The summed E-state index contributed by atoms with van der Waals surface area (Å²) in [5, 5.41) is 0. The van der Waals surface area contributed by atoms with Crippen molar-refractivity contribution in [3.63, 3.8) is 0 Å². The van der Waals surface area contributed by atoms with Crippen LogP contribution in [-0.4, -0.2) is 42.7 Å². The quantitative estimate of drug-likeness (QED) is 0.617. The van der Waals surface area contributed by atoms with Crippen molar-refractivity contribution in [3.8, 4) is 0 Å². The lowest BCUT2D eigenvalue weighted by Gasteiger charge is -2.31. The van der Waals surface area contributed by atoms with Crippen LogP contribution in [0.5, 0.6) is 0 Å². The number of rotatable bonds is 5. The Morgan fingerprint density at radius 3 is 2.59 bits per heavy atom. The van der Waals surface area contributed by atoms with Gasteiger partial charge in [0.05, 0.1) is 18.6 Å². The zero-order valence-corrected chi connectivity index (χ0v) is 14.0. The fourth-order valence-corrected chi connectivity index (χ4v) is 3.55. The summed E-state index contributed by atoms with van der Waals surface area (Å²) in [4.78, 5) is 27.2. The Morgan fingerprint density at radius 2 is 1.95 bits per heavy atom. The van der Waals surface area contributed by atoms with Crippen molar-refractivity contribution in [3.05, 3.63) is 29.8 Å². The third kappa shape index (κ3) is 4.03. The van der Waals surface area contributed by atoms with Crippen LogP contribution in [0.15, 0.2) is 29.2 Å². The number of carbonyl (C=O) groups excluding carboxylic acids is 2. The second kappa shape index (κ2) is 8.22. The Morgan fingerprint density at radius 1 is 1.27 bits per heavy atom. The molecule has 1 aliphatic heterocycles. The van der Waals surface area contributed by atoms with E-state index in [9.17, 15) is 9.59 Å². The monoisotopic (exact) mass is 321 g/mol. The first-order chi connectivity index (χ1) is 10.7. The van der Waals surface area contributed by atoms with Gasteiger partial charge in [0.2, 0.25) is 0 Å². The summed E-state index contributed by atoms with van der Waals surface area (Å²) >= 11 is 1.73. The van der Waals surface area contributed by atoms with Gasteiger partial charge in [-0.25, -0.2) is 0 Å². The molecule has 0 aliphatic carbocycles. The maximum absolute atomic E-state index is 12.7. The number of carbonyl (C=O) groups is 2. The normalized spacial score (nSPS) is 15.6. The van der Waals surface area contributed by atoms with Crippen LogP contribution in [0.3, 0.4) is 0 Å². The van der Waals surface area contributed by atoms with E-state index in [4.69, 9.17) is 4.74 Å². The molecule has 4 nitrogen and oxygen atoms in total. The first kappa shape index (κ1) is 16.9. The van der Waals surface area contributed by atoms with Crippen LogP contribution < -0.4 is 0 Å². The summed E-state index contributed by atoms with van der Waals surface area (Å²) in [5.41, 5.74) is 0.775. The molecule has 0 N–H and O–H groups in total. The van der Waals surface area contributed by atoms with Gasteiger partial charge in [-0.1, -0.05) is 19.1 Å². The molecule has 0 aromatic heterocycles. The standard InChI is InChI=1S/C17H23NO3S/c1-3-12-22-15-7-5-4-6-14(15)16(19)18-10-8-13(9-11-18)17(20)21-2/h4-7,13H,3,8-12H2,1-2H3. The van der Waals surface area contributed by atoms with Gasteiger partial charge in [-0.05, 0) is 37.1 Å². The third-order valence-electron chi connectivity index (χ3n) is 3.90. The molecule has 22 heavy (non-hydrogen) atoms. The number of likely N-dealkylation sites (tertiary alicyclic amines) is 1. The van der Waals surface area contributed by atoms with E-state index in [2.05, 4.69) is 6.92 Å². The lowest BCUT2D eigenvalue weighted by atomic mass is 9.96. The molecule has 1 fully saturated rings. The van der Waals surface area contributed by atoms with E-state index in [0.29, 0.717) is 25.9 Å². The highest BCUT2D eigenvalue weighted by atomic mass is 32.2. The molecule has 0 atom stereocenters. The minimum atomic E-state index is -0.161. The molecule has 120 valence electrons. The molecule has 1 aliphatic rings. The Balaban J connectivity index is 2.02. The molecule has 0 radical (unpaired) electrons. The molecule has 2 rings (SSSR count). The van der Waals surface area contributed by atoms with Crippen LogP contribution in [0.25, 0.3) is 0 Å². The molecular weight excluding hydrogens is 298 g/mol. The van der Waals surface area contributed by atoms with Gasteiger partial charge in [0.15, 0.2) is 0 Å². The van der Waals surface area contributed by atoms with E-state index < -0.39 is 0 Å². The van der Waals surface area contributed by atoms with Gasteiger partial charge in [0, 0.05) is 18.0 Å². The van der Waals surface area contributed by atoms with Crippen LogP contribution in [-0.2, 0) is 9.53 Å². The number of esters is 1. The van der Waals surface area contributed by atoms with E-state index in [1.54, 1.807) is 11.8 Å². The predicted molar refractivity (Wildman–Crippen MR) is 88.1 cm³/mol. The largest absolute Gasteiger partial charge is 0.469 e. The van der Waals surface area contributed by atoms with Crippen LogP contribution in [0.2, 0.25) is 0 Å². The van der Waals surface area contributed by atoms with Crippen LogP contribution in [0, 0.1) is 5.92 Å². The number of hydrogen-bond donors (Lipinski definition) is 0. The summed E-state index contributed by atoms with van der Waals surface area (Å²) < 4.78 is 4.79. The summed E-state index contributed by atoms with van der Waals surface area (Å²) in [6, 6.07) is 7.78. The van der Waals surface area contributed by atoms with Crippen LogP contribution >= 0.6 is 11.8 Å². The predicted octanol–water partition coefficient (Wildman–Crippen LogP) is 3.21. The van der Waals surface area contributed by atoms with Gasteiger partial charge in [-0.3, -0.25) is 9.59 Å². The Labute approximate surface area is 136 Å². The lowest BCUT2D eigenvalue weighted by molar-refractivity contribution is -0.146. The third-order valence-corrected chi connectivity index (χ3v) is 5.18. The van der Waals surface area contributed by atoms with Gasteiger partial charge >= 0.3 is 5.97 Å². The van der Waals surface area contributed by atoms with E-state index >= 15 is 0 Å². The van der Waals surface area contributed by atoms with E-state index in [1.165, 1.54) is 7.11 Å². The van der Waals surface area contributed by atoms with Gasteiger partial charge in [0.25, 0.3) is 5.91 Å². The number of benzene rings is 1. The number of hydrogen-bond acceptors (Lipinski definition) is 4. The highest BCUT2D eigenvalue weighted by Gasteiger charge is 2.29. The van der Waals surface area contributed by atoms with Crippen molar-refractivity contribution in [2.75, 3.05) is 26.0 Å². The van der Waals surface area contributed by atoms with Crippen molar-refractivity contribution in [1.29, 1.82) is 0 Å². The summed E-state index contributed by atoms with van der Waals surface area (Å²) in [5.74, 6) is 0.849. The summed E-state index contributed by atoms with van der Waals surface area (Å²) in [7, 11) is 1.42. The fraction of sp³-hybridized carbons (Fsp3) is 0.529. The molecule has 0 unspecified atom stereocenters. The van der Waals surface area contributed by atoms with Gasteiger partial charge < -0.3 is 9.64 Å². The molecule has 1 aromatic rings. The topological polar surface area (TPSA) is 46.6 Å². The maximum Gasteiger partial charge on any atom is 0.308 e. The zero-order chi connectivity index (χ0) is 15.9. The Kier molecular flexibility index (Phi) is 6.31. The highest BCUT2D eigenvalue weighted by molar-refractivity contribution is 7.99. The van der Waals surface area contributed by atoms with Gasteiger partial charge in [-0.15, -0.1) is 11.8 Å². The number of nitrogens with zero attached hydrogens (tertiary/aromatic N) is 1. The summed E-state index contributed by atoms with van der Waals surface area (Å²) in [6.45, 7) is 3.37. The average Bonchev–Trinajstić information content (AvgIpc) is 2.59. The first-order valence-corrected chi connectivity index (χ1v) is 8.74. The van der Waals surface area contributed by atoms with Crippen molar-refractivity contribution in [2.45, 2.75) is 31.1 Å². The molecule has 0 spiro atoms. The average molecular weight is 321 g/mol.